The zero-order valence-electron chi connectivity index (χ0n) is 10.0. The van der Waals surface area contributed by atoms with Crippen LogP contribution >= 0.6 is 0 Å². The van der Waals surface area contributed by atoms with Crippen molar-refractivity contribution in [3.8, 4) is 5.75 Å². The van der Waals surface area contributed by atoms with Crippen molar-refractivity contribution in [1.82, 2.24) is 0 Å². The standard InChI is InChI=1S/C13H20O2/c1-5-6-11(14)13-10(3)7-9(2)8-12(13)15-4/h7-8,11,14H,5-6H2,1-4H3. The molecule has 1 rings (SSSR count). The summed E-state index contributed by atoms with van der Waals surface area (Å²) >= 11 is 0. The number of rotatable bonds is 4. The van der Waals surface area contributed by atoms with Crippen LogP contribution in [0.2, 0.25) is 0 Å². The number of ether oxygens (including phenoxy) is 1. The molecule has 2 heteroatoms. The third-order valence-corrected chi connectivity index (χ3v) is 2.61. The predicted molar refractivity (Wildman–Crippen MR) is 62.3 cm³/mol. The molecule has 0 radical (unpaired) electrons. The van der Waals surface area contributed by atoms with Crippen molar-refractivity contribution in [2.45, 2.75) is 39.7 Å². The van der Waals surface area contributed by atoms with Gasteiger partial charge < -0.3 is 9.84 Å². The van der Waals surface area contributed by atoms with Gasteiger partial charge in [-0.2, -0.15) is 0 Å². The lowest BCUT2D eigenvalue weighted by molar-refractivity contribution is 0.161. The second-order valence-electron chi connectivity index (χ2n) is 4.00. The molecule has 0 saturated carbocycles. The maximum atomic E-state index is 10.0. The first-order chi connectivity index (χ1) is 7.10. The van der Waals surface area contributed by atoms with Gasteiger partial charge in [0.15, 0.2) is 0 Å². The summed E-state index contributed by atoms with van der Waals surface area (Å²) in [6.45, 7) is 6.12. The van der Waals surface area contributed by atoms with E-state index in [4.69, 9.17) is 4.74 Å². The number of methoxy groups -OCH3 is 1. The van der Waals surface area contributed by atoms with E-state index in [-0.39, 0.29) is 0 Å². The molecule has 1 atom stereocenters. The van der Waals surface area contributed by atoms with E-state index in [1.165, 1.54) is 0 Å². The van der Waals surface area contributed by atoms with E-state index in [2.05, 4.69) is 13.0 Å². The molecular formula is C13H20O2. The Balaban J connectivity index is 3.14. The van der Waals surface area contributed by atoms with Gasteiger partial charge >= 0.3 is 0 Å². The van der Waals surface area contributed by atoms with Crippen molar-refractivity contribution in [1.29, 1.82) is 0 Å². The van der Waals surface area contributed by atoms with Crippen molar-refractivity contribution in [2.24, 2.45) is 0 Å². The summed E-state index contributed by atoms with van der Waals surface area (Å²) in [5.74, 6) is 0.799. The minimum absolute atomic E-state index is 0.412. The summed E-state index contributed by atoms with van der Waals surface area (Å²) in [6, 6.07) is 4.05. The maximum absolute atomic E-state index is 10.0. The third kappa shape index (κ3) is 2.72. The van der Waals surface area contributed by atoms with Gasteiger partial charge in [0.1, 0.15) is 5.75 Å². The van der Waals surface area contributed by atoms with E-state index in [0.717, 1.165) is 35.3 Å². The van der Waals surface area contributed by atoms with Gasteiger partial charge in [-0.3, -0.25) is 0 Å². The molecule has 84 valence electrons. The molecule has 1 aromatic rings. The minimum atomic E-state index is -0.412. The molecular weight excluding hydrogens is 188 g/mol. The molecule has 0 bridgehead atoms. The van der Waals surface area contributed by atoms with Gasteiger partial charge in [-0.25, -0.2) is 0 Å². The Labute approximate surface area is 91.9 Å². The van der Waals surface area contributed by atoms with Crippen LogP contribution in [-0.2, 0) is 0 Å². The largest absolute Gasteiger partial charge is 0.496 e. The minimum Gasteiger partial charge on any atom is -0.496 e. The lowest BCUT2D eigenvalue weighted by atomic mass is 9.97. The summed E-state index contributed by atoms with van der Waals surface area (Å²) in [7, 11) is 1.65. The Morgan fingerprint density at radius 2 is 2.00 bits per heavy atom. The van der Waals surface area contributed by atoms with Crippen LogP contribution < -0.4 is 4.74 Å². The van der Waals surface area contributed by atoms with Crippen molar-refractivity contribution in [3.63, 3.8) is 0 Å². The van der Waals surface area contributed by atoms with Crippen LogP contribution in [0.5, 0.6) is 5.75 Å². The third-order valence-electron chi connectivity index (χ3n) is 2.61. The normalized spacial score (nSPS) is 12.6. The summed E-state index contributed by atoms with van der Waals surface area (Å²) in [6.07, 6.45) is 1.34. The topological polar surface area (TPSA) is 29.5 Å². The Morgan fingerprint density at radius 3 is 2.53 bits per heavy atom. The van der Waals surface area contributed by atoms with Crippen LogP contribution in [0.25, 0.3) is 0 Å². The van der Waals surface area contributed by atoms with Gasteiger partial charge in [0, 0.05) is 5.56 Å². The number of aryl methyl sites for hydroxylation is 2. The van der Waals surface area contributed by atoms with Crippen molar-refractivity contribution < 1.29 is 9.84 Å². The molecule has 0 heterocycles. The van der Waals surface area contributed by atoms with E-state index in [0.29, 0.717) is 0 Å². The average Bonchev–Trinajstić information content (AvgIpc) is 2.16. The molecule has 0 fully saturated rings. The van der Waals surface area contributed by atoms with Gasteiger partial charge in [0.05, 0.1) is 13.2 Å². The van der Waals surface area contributed by atoms with Crippen LogP contribution in [0, 0.1) is 13.8 Å². The molecule has 1 unspecified atom stereocenters. The Morgan fingerprint density at radius 1 is 1.33 bits per heavy atom. The Bertz CT molecular complexity index is 332. The zero-order valence-corrected chi connectivity index (χ0v) is 10.0. The first-order valence-corrected chi connectivity index (χ1v) is 5.43. The van der Waals surface area contributed by atoms with Crippen molar-refractivity contribution in [2.75, 3.05) is 7.11 Å². The van der Waals surface area contributed by atoms with Crippen LogP contribution in [-0.4, -0.2) is 12.2 Å². The molecule has 1 aromatic carbocycles. The summed E-state index contributed by atoms with van der Waals surface area (Å²) in [5, 5.41) is 10.0. The fourth-order valence-corrected chi connectivity index (χ4v) is 1.95. The van der Waals surface area contributed by atoms with Gasteiger partial charge in [-0.05, 0) is 37.5 Å². The molecule has 0 aliphatic heterocycles. The van der Waals surface area contributed by atoms with Crippen molar-refractivity contribution in [3.05, 3.63) is 28.8 Å². The fraction of sp³-hybridized carbons (Fsp3) is 0.538. The highest BCUT2D eigenvalue weighted by Crippen LogP contribution is 2.32. The second-order valence-corrected chi connectivity index (χ2v) is 4.00. The highest BCUT2D eigenvalue weighted by molar-refractivity contribution is 5.44. The molecule has 0 spiro atoms. The van der Waals surface area contributed by atoms with E-state index < -0.39 is 6.10 Å². The molecule has 0 saturated heterocycles. The SMILES string of the molecule is CCCC(O)c1c(C)cc(C)cc1OC. The molecule has 2 nitrogen and oxygen atoms in total. The monoisotopic (exact) mass is 208 g/mol. The van der Waals surface area contributed by atoms with E-state index in [9.17, 15) is 5.11 Å². The van der Waals surface area contributed by atoms with Gasteiger partial charge in [0.2, 0.25) is 0 Å². The Hall–Kier alpha value is -1.02. The highest BCUT2D eigenvalue weighted by atomic mass is 16.5. The van der Waals surface area contributed by atoms with Crippen LogP contribution in [0.1, 0.15) is 42.6 Å². The molecule has 0 amide bonds. The van der Waals surface area contributed by atoms with Crippen molar-refractivity contribution >= 4 is 0 Å². The number of aliphatic hydroxyl groups excluding tert-OH is 1. The zero-order chi connectivity index (χ0) is 11.4. The Kier molecular flexibility index (Phi) is 4.15. The highest BCUT2D eigenvalue weighted by Gasteiger charge is 2.15. The van der Waals surface area contributed by atoms with E-state index >= 15 is 0 Å². The lowest BCUT2D eigenvalue weighted by Gasteiger charge is -2.17. The number of aliphatic hydroxyl groups is 1. The van der Waals surface area contributed by atoms with E-state index in [1.807, 2.05) is 19.9 Å². The van der Waals surface area contributed by atoms with E-state index in [1.54, 1.807) is 7.11 Å². The smallest absolute Gasteiger partial charge is 0.125 e. The van der Waals surface area contributed by atoms with Crippen LogP contribution in [0.4, 0.5) is 0 Å². The molecule has 1 N–H and O–H groups in total. The predicted octanol–water partition coefficient (Wildman–Crippen LogP) is 3.15. The maximum Gasteiger partial charge on any atom is 0.125 e. The summed E-state index contributed by atoms with van der Waals surface area (Å²) in [5.41, 5.74) is 3.20. The summed E-state index contributed by atoms with van der Waals surface area (Å²) < 4.78 is 5.31. The first kappa shape index (κ1) is 12.1. The molecule has 0 aromatic heterocycles. The van der Waals surface area contributed by atoms with Gasteiger partial charge in [-0.15, -0.1) is 0 Å². The second kappa shape index (κ2) is 5.17. The molecule has 15 heavy (non-hydrogen) atoms. The number of benzene rings is 1. The number of hydrogen-bond donors (Lipinski definition) is 1. The fourth-order valence-electron chi connectivity index (χ4n) is 1.95. The van der Waals surface area contributed by atoms with Crippen LogP contribution in [0.15, 0.2) is 12.1 Å². The summed E-state index contributed by atoms with van der Waals surface area (Å²) in [4.78, 5) is 0. The first-order valence-electron chi connectivity index (χ1n) is 5.43. The van der Waals surface area contributed by atoms with Gasteiger partial charge in [-0.1, -0.05) is 19.4 Å². The quantitative estimate of drug-likeness (QED) is 0.823. The molecule has 0 aliphatic rings. The van der Waals surface area contributed by atoms with Crippen LogP contribution in [0.3, 0.4) is 0 Å². The lowest BCUT2D eigenvalue weighted by Crippen LogP contribution is -2.03. The van der Waals surface area contributed by atoms with Gasteiger partial charge in [0.25, 0.3) is 0 Å². The number of hydrogen-bond acceptors (Lipinski definition) is 2. The molecule has 0 aliphatic carbocycles. The average molecular weight is 208 g/mol.